The molecule has 47 heavy (non-hydrogen) atoms. The van der Waals surface area contributed by atoms with Gasteiger partial charge in [-0.05, 0) is 29.5 Å². The van der Waals surface area contributed by atoms with Crippen molar-refractivity contribution in [2.75, 3.05) is 13.1 Å². The number of nitrogens with two attached hydrogens (primary N) is 3. The van der Waals surface area contributed by atoms with Crippen LogP contribution in [-0.4, -0.2) is 93.9 Å². The van der Waals surface area contributed by atoms with Crippen molar-refractivity contribution in [3.8, 4) is 0 Å². The Morgan fingerprint density at radius 3 is 2.19 bits per heavy atom. The first-order chi connectivity index (χ1) is 22.3. The van der Waals surface area contributed by atoms with Gasteiger partial charge in [0.25, 0.3) is 0 Å². The van der Waals surface area contributed by atoms with Crippen molar-refractivity contribution in [2.45, 2.75) is 62.8 Å². The van der Waals surface area contributed by atoms with Crippen molar-refractivity contribution in [3.05, 3.63) is 71.3 Å². The average Bonchev–Trinajstić information content (AvgIpc) is 3.03. The lowest BCUT2D eigenvalue weighted by Crippen LogP contribution is -2.59. The third-order valence-electron chi connectivity index (χ3n) is 7.47. The Morgan fingerprint density at radius 2 is 1.55 bits per heavy atom. The van der Waals surface area contributed by atoms with Crippen LogP contribution in [0.2, 0.25) is 0 Å². The van der Waals surface area contributed by atoms with Gasteiger partial charge >= 0.3 is 11.9 Å². The number of aliphatic carboxylic acids is 2. The summed E-state index contributed by atoms with van der Waals surface area (Å²) in [6.45, 7) is -0.367. The fraction of sp³-hybridized carbons (Fsp3) is 0.387. The Labute approximate surface area is 270 Å². The molecule has 1 aliphatic rings. The third kappa shape index (κ3) is 11.1. The SMILES string of the molecule is NC(N)=NCCC[C@H](N)C(=O)NCC(=O)N[C@@H](CC(=O)O)C(=O)N[C@@H](Cc1ccccc1)C(=O)N1Cc2ccccc2CC1C(=O)O. The quantitative estimate of drug-likeness (QED) is 0.0570. The number of guanidine groups is 1. The van der Waals surface area contributed by atoms with Crippen LogP contribution in [0, 0.1) is 0 Å². The van der Waals surface area contributed by atoms with E-state index < -0.39 is 72.7 Å². The Bertz CT molecular complexity index is 1480. The molecular weight excluding hydrogens is 612 g/mol. The lowest BCUT2D eigenvalue weighted by molar-refractivity contribution is -0.153. The topological polar surface area (TPSA) is 273 Å². The molecule has 4 atom stereocenters. The van der Waals surface area contributed by atoms with E-state index in [4.69, 9.17) is 17.2 Å². The van der Waals surface area contributed by atoms with Crippen LogP contribution in [-0.2, 0) is 48.2 Å². The van der Waals surface area contributed by atoms with E-state index in [9.17, 15) is 39.0 Å². The van der Waals surface area contributed by atoms with E-state index in [2.05, 4.69) is 20.9 Å². The summed E-state index contributed by atoms with van der Waals surface area (Å²) >= 11 is 0. The zero-order valence-corrected chi connectivity index (χ0v) is 25.6. The number of carbonyl (C=O) groups is 6. The first-order valence-electron chi connectivity index (χ1n) is 14.9. The van der Waals surface area contributed by atoms with Gasteiger partial charge in [-0.25, -0.2) is 4.79 Å². The van der Waals surface area contributed by atoms with Gasteiger partial charge in [0.2, 0.25) is 23.6 Å². The molecule has 4 amide bonds. The summed E-state index contributed by atoms with van der Waals surface area (Å²) in [5.74, 6) is -5.94. The third-order valence-corrected chi connectivity index (χ3v) is 7.47. The lowest BCUT2D eigenvalue weighted by Gasteiger charge is -2.37. The number of nitrogens with zero attached hydrogens (tertiary/aromatic N) is 2. The van der Waals surface area contributed by atoms with E-state index in [0.29, 0.717) is 12.0 Å². The van der Waals surface area contributed by atoms with Gasteiger partial charge < -0.3 is 48.3 Å². The minimum atomic E-state index is -1.63. The van der Waals surface area contributed by atoms with Crippen molar-refractivity contribution in [2.24, 2.45) is 22.2 Å². The molecule has 2 aromatic rings. The summed E-state index contributed by atoms with van der Waals surface area (Å²) in [4.78, 5) is 81.2. The number of fused-ring (bicyclic) bond motifs is 1. The summed E-state index contributed by atoms with van der Waals surface area (Å²) in [5.41, 5.74) is 18.5. The molecule has 1 unspecified atom stereocenters. The molecule has 0 saturated carbocycles. The van der Waals surface area contributed by atoms with Crippen molar-refractivity contribution in [1.82, 2.24) is 20.9 Å². The first-order valence-corrected chi connectivity index (χ1v) is 14.9. The number of rotatable bonds is 16. The molecule has 2 aromatic carbocycles. The second-order valence-electron chi connectivity index (χ2n) is 11.0. The second kappa shape index (κ2) is 17.3. The van der Waals surface area contributed by atoms with E-state index >= 15 is 0 Å². The molecule has 0 aromatic heterocycles. The van der Waals surface area contributed by atoms with Gasteiger partial charge in [0.15, 0.2) is 5.96 Å². The van der Waals surface area contributed by atoms with E-state index in [1.165, 1.54) is 4.90 Å². The van der Waals surface area contributed by atoms with E-state index in [1.54, 1.807) is 54.6 Å². The van der Waals surface area contributed by atoms with E-state index in [1.807, 2.05) is 0 Å². The zero-order chi connectivity index (χ0) is 34.5. The smallest absolute Gasteiger partial charge is 0.326 e. The van der Waals surface area contributed by atoms with Crippen LogP contribution in [0.4, 0.5) is 0 Å². The molecule has 1 heterocycles. The minimum Gasteiger partial charge on any atom is -0.481 e. The molecule has 252 valence electrons. The van der Waals surface area contributed by atoms with Crippen molar-refractivity contribution in [1.29, 1.82) is 0 Å². The van der Waals surface area contributed by atoms with Crippen LogP contribution in [0.25, 0.3) is 0 Å². The monoisotopic (exact) mass is 652 g/mol. The summed E-state index contributed by atoms with van der Waals surface area (Å²) in [7, 11) is 0. The molecule has 1 aliphatic heterocycles. The summed E-state index contributed by atoms with van der Waals surface area (Å²) in [6.07, 6.45) is -0.194. The van der Waals surface area contributed by atoms with Gasteiger partial charge in [-0.3, -0.25) is 29.0 Å². The molecule has 0 radical (unpaired) electrons. The Balaban J connectivity index is 1.73. The number of hydrogen-bond acceptors (Lipinski definition) is 8. The number of aliphatic imine (C=N–C) groups is 1. The fourth-order valence-electron chi connectivity index (χ4n) is 5.08. The molecule has 11 N–H and O–H groups in total. The number of amides is 4. The molecule has 0 spiro atoms. The molecular formula is C31H40N8O8. The summed E-state index contributed by atoms with van der Waals surface area (Å²) in [6, 6.07) is 10.7. The molecule has 0 saturated heterocycles. The van der Waals surface area contributed by atoms with Gasteiger partial charge in [-0.2, -0.15) is 0 Å². The van der Waals surface area contributed by atoms with Gasteiger partial charge in [0, 0.05) is 25.9 Å². The molecule has 0 fully saturated rings. The van der Waals surface area contributed by atoms with Crippen molar-refractivity contribution < 1.29 is 39.0 Å². The van der Waals surface area contributed by atoms with Crippen LogP contribution >= 0.6 is 0 Å². The second-order valence-corrected chi connectivity index (χ2v) is 11.0. The highest BCUT2D eigenvalue weighted by molar-refractivity contribution is 5.96. The van der Waals surface area contributed by atoms with Crippen LogP contribution in [0.5, 0.6) is 0 Å². The van der Waals surface area contributed by atoms with Gasteiger partial charge in [-0.15, -0.1) is 0 Å². The number of carboxylic acids is 2. The van der Waals surface area contributed by atoms with E-state index in [-0.39, 0.29) is 38.3 Å². The van der Waals surface area contributed by atoms with Crippen molar-refractivity contribution in [3.63, 3.8) is 0 Å². The number of carboxylic acid groups (broad SMARTS) is 2. The molecule has 0 aliphatic carbocycles. The van der Waals surface area contributed by atoms with E-state index in [0.717, 1.165) is 11.1 Å². The normalized spacial score (nSPS) is 15.6. The molecule has 0 bridgehead atoms. The Kier molecular flexibility index (Phi) is 13.2. The predicted molar refractivity (Wildman–Crippen MR) is 169 cm³/mol. The first kappa shape index (κ1) is 36.0. The van der Waals surface area contributed by atoms with Crippen LogP contribution < -0.4 is 33.2 Å². The number of benzene rings is 2. The maximum absolute atomic E-state index is 14.0. The van der Waals surface area contributed by atoms with Crippen LogP contribution in [0.15, 0.2) is 59.6 Å². The highest BCUT2D eigenvalue weighted by atomic mass is 16.4. The number of carbonyl (C=O) groups excluding carboxylic acids is 4. The number of nitrogens with one attached hydrogen (secondary N) is 3. The highest BCUT2D eigenvalue weighted by Crippen LogP contribution is 2.25. The average molecular weight is 653 g/mol. The Hall–Kier alpha value is -5.51. The van der Waals surface area contributed by atoms with Crippen LogP contribution in [0.3, 0.4) is 0 Å². The number of hydrogen-bond donors (Lipinski definition) is 8. The maximum atomic E-state index is 14.0. The fourth-order valence-corrected chi connectivity index (χ4v) is 5.08. The van der Waals surface area contributed by atoms with Gasteiger partial charge in [0.1, 0.15) is 18.1 Å². The molecule has 16 heteroatoms. The predicted octanol–water partition coefficient (Wildman–Crippen LogP) is -1.79. The summed E-state index contributed by atoms with van der Waals surface area (Å²) < 4.78 is 0. The van der Waals surface area contributed by atoms with Crippen LogP contribution in [0.1, 0.15) is 36.0 Å². The molecule has 3 rings (SSSR count). The standard InChI is InChI=1S/C31H40N8O8/c32-21(11-6-12-35-31(33)34)27(43)36-16-25(40)37-22(15-26(41)42)28(44)38-23(13-18-7-2-1-3-8-18)29(45)39-17-20-10-5-4-9-19(20)14-24(39)30(46)47/h1-5,7-10,21-24H,6,11-17,32H2,(H,36,43)(H,37,40)(H,38,44)(H,41,42)(H,46,47)(H4,33,34,35)/t21-,22-,23-,24?/m0/s1. The van der Waals surface area contributed by atoms with Gasteiger partial charge in [0.05, 0.1) is 19.0 Å². The largest absolute Gasteiger partial charge is 0.481 e. The lowest BCUT2D eigenvalue weighted by atomic mass is 9.92. The Morgan fingerprint density at radius 1 is 0.894 bits per heavy atom. The van der Waals surface area contributed by atoms with Gasteiger partial charge in [-0.1, -0.05) is 54.6 Å². The minimum absolute atomic E-state index is 0.0153. The maximum Gasteiger partial charge on any atom is 0.326 e. The molecule has 16 nitrogen and oxygen atoms in total. The summed E-state index contributed by atoms with van der Waals surface area (Å²) in [5, 5.41) is 26.6. The highest BCUT2D eigenvalue weighted by Gasteiger charge is 2.39. The zero-order valence-electron chi connectivity index (χ0n) is 25.6. The van der Waals surface area contributed by atoms with Crippen molar-refractivity contribution >= 4 is 41.5 Å².